The highest BCUT2D eigenvalue weighted by molar-refractivity contribution is 7.87. The molecule has 8 nitrogen and oxygen atoms in total. The van der Waals surface area contributed by atoms with E-state index in [9.17, 15) is 13.2 Å². The predicted molar refractivity (Wildman–Crippen MR) is 111 cm³/mol. The Morgan fingerprint density at radius 3 is 2.27 bits per heavy atom. The van der Waals surface area contributed by atoms with Crippen LogP contribution in [0.3, 0.4) is 0 Å². The Bertz CT molecular complexity index is 1430. The van der Waals surface area contributed by atoms with Crippen molar-refractivity contribution >= 4 is 21.2 Å². The maximum atomic E-state index is 13.0. The van der Waals surface area contributed by atoms with Crippen LogP contribution in [0.5, 0.6) is 5.88 Å². The molecule has 0 aliphatic heterocycles. The Hall–Kier alpha value is -3.59. The van der Waals surface area contributed by atoms with Crippen molar-refractivity contribution < 1.29 is 12.6 Å². The molecule has 2 aromatic carbocycles. The molecule has 0 saturated carbocycles. The molecule has 0 aliphatic carbocycles. The molecule has 0 N–H and O–H groups in total. The lowest BCUT2D eigenvalue weighted by molar-refractivity contribution is 0.469. The summed E-state index contributed by atoms with van der Waals surface area (Å²) in [5.74, 6) is 0.0397. The van der Waals surface area contributed by atoms with Gasteiger partial charge in [-0.15, -0.1) is 0 Å². The highest BCUT2D eigenvalue weighted by atomic mass is 32.2. The fourth-order valence-electron chi connectivity index (χ4n) is 3.02. The molecule has 0 saturated heterocycles. The molecular formula is C21H18N4O4S. The Morgan fingerprint density at radius 2 is 1.57 bits per heavy atom. The maximum absolute atomic E-state index is 13.0. The summed E-state index contributed by atoms with van der Waals surface area (Å²) in [6, 6.07) is 11.4. The molecule has 30 heavy (non-hydrogen) atoms. The smallest absolute Gasteiger partial charge is 0.340 e. The van der Waals surface area contributed by atoms with Gasteiger partial charge in [0.05, 0.1) is 22.3 Å². The van der Waals surface area contributed by atoms with Gasteiger partial charge in [0, 0.05) is 12.4 Å². The van der Waals surface area contributed by atoms with Gasteiger partial charge in [-0.3, -0.25) is 19.3 Å². The van der Waals surface area contributed by atoms with E-state index < -0.39 is 15.7 Å². The minimum Gasteiger partial charge on any atom is -0.358 e. The van der Waals surface area contributed by atoms with E-state index in [0.717, 1.165) is 5.56 Å². The van der Waals surface area contributed by atoms with E-state index in [-0.39, 0.29) is 22.2 Å². The van der Waals surface area contributed by atoms with Crippen LogP contribution in [0.1, 0.15) is 17.0 Å². The Kier molecular flexibility index (Phi) is 4.83. The number of benzene rings is 2. The van der Waals surface area contributed by atoms with Crippen molar-refractivity contribution in [3.8, 4) is 11.6 Å². The van der Waals surface area contributed by atoms with Crippen molar-refractivity contribution in [3.63, 3.8) is 0 Å². The zero-order valence-corrected chi connectivity index (χ0v) is 17.3. The van der Waals surface area contributed by atoms with Crippen LogP contribution in [-0.2, 0) is 10.1 Å². The molecule has 2 aromatic heterocycles. The summed E-state index contributed by atoms with van der Waals surface area (Å²) < 4.78 is 31.8. The predicted octanol–water partition coefficient (Wildman–Crippen LogP) is 2.87. The van der Waals surface area contributed by atoms with Crippen molar-refractivity contribution in [1.29, 1.82) is 0 Å². The van der Waals surface area contributed by atoms with Crippen LogP contribution >= 0.6 is 0 Å². The van der Waals surface area contributed by atoms with Gasteiger partial charge in [0.25, 0.3) is 5.56 Å². The zero-order chi connectivity index (χ0) is 21.5. The molecule has 0 spiro atoms. The van der Waals surface area contributed by atoms with E-state index >= 15 is 0 Å². The standard InChI is InChI=1S/C21H18N4O4S/c1-13-4-7-17(8-5-13)30(27,28)29-20-14(2)21(26)25(15(3)24-20)16-6-9-18-19(12-16)23-11-10-22-18/h4-12H,1-3H3. The molecule has 9 heteroatoms. The third-order valence-electron chi connectivity index (χ3n) is 4.64. The molecule has 4 aromatic rings. The molecule has 0 fully saturated rings. The van der Waals surface area contributed by atoms with Gasteiger partial charge in [0.1, 0.15) is 10.7 Å². The van der Waals surface area contributed by atoms with Crippen LogP contribution in [0, 0.1) is 20.8 Å². The normalized spacial score (nSPS) is 11.6. The number of nitrogens with zero attached hydrogens (tertiary/aromatic N) is 4. The highest BCUT2D eigenvalue weighted by Gasteiger charge is 2.22. The van der Waals surface area contributed by atoms with Gasteiger partial charge in [-0.25, -0.2) is 0 Å². The first kappa shape index (κ1) is 19.7. The first-order valence-corrected chi connectivity index (χ1v) is 10.5. The summed E-state index contributed by atoms with van der Waals surface area (Å²) in [5, 5.41) is 0. The van der Waals surface area contributed by atoms with Crippen LogP contribution in [0.4, 0.5) is 0 Å². The summed E-state index contributed by atoms with van der Waals surface area (Å²) in [5.41, 5.74) is 2.44. The van der Waals surface area contributed by atoms with Gasteiger partial charge in [0.2, 0.25) is 5.88 Å². The highest BCUT2D eigenvalue weighted by Crippen LogP contribution is 2.21. The van der Waals surface area contributed by atoms with E-state index in [1.54, 1.807) is 49.6 Å². The second-order valence-corrected chi connectivity index (χ2v) is 8.36. The molecular weight excluding hydrogens is 404 g/mol. The van der Waals surface area contributed by atoms with Gasteiger partial charge in [-0.2, -0.15) is 13.4 Å². The third-order valence-corrected chi connectivity index (χ3v) is 5.87. The quantitative estimate of drug-likeness (QED) is 0.466. The van der Waals surface area contributed by atoms with Crippen molar-refractivity contribution in [2.24, 2.45) is 0 Å². The minimum atomic E-state index is -4.12. The first-order chi connectivity index (χ1) is 14.3. The Morgan fingerprint density at radius 1 is 0.900 bits per heavy atom. The van der Waals surface area contributed by atoms with Gasteiger partial charge in [0.15, 0.2) is 0 Å². The number of rotatable bonds is 4. The van der Waals surface area contributed by atoms with Gasteiger partial charge in [-0.05, 0) is 51.1 Å². The van der Waals surface area contributed by atoms with Crippen LogP contribution in [0.25, 0.3) is 16.7 Å². The number of aromatic nitrogens is 4. The van der Waals surface area contributed by atoms with Gasteiger partial charge < -0.3 is 4.18 Å². The molecule has 2 heterocycles. The Labute approximate surface area is 173 Å². The largest absolute Gasteiger partial charge is 0.358 e. The summed E-state index contributed by atoms with van der Waals surface area (Å²) in [6.45, 7) is 4.93. The topological polar surface area (TPSA) is 104 Å². The minimum absolute atomic E-state index is 0.00997. The van der Waals surface area contributed by atoms with E-state index in [0.29, 0.717) is 16.7 Å². The van der Waals surface area contributed by atoms with Gasteiger partial charge in [-0.1, -0.05) is 17.7 Å². The Balaban J connectivity index is 1.77. The van der Waals surface area contributed by atoms with E-state index in [1.165, 1.54) is 23.6 Å². The van der Waals surface area contributed by atoms with Crippen molar-refractivity contribution in [3.05, 3.63) is 82.2 Å². The monoisotopic (exact) mass is 422 g/mol. The molecule has 0 bridgehead atoms. The lowest BCUT2D eigenvalue weighted by atomic mass is 10.2. The fraction of sp³-hybridized carbons (Fsp3) is 0.143. The van der Waals surface area contributed by atoms with E-state index in [2.05, 4.69) is 15.0 Å². The molecule has 4 rings (SSSR count). The number of hydrogen-bond acceptors (Lipinski definition) is 7. The van der Waals surface area contributed by atoms with E-state index in [4.69, 9.17) is 4.18 Å². The second-order valence-electron chi connectivity index (χ2n) is 6.81. The van der Waals surface area contributed by atoms with Crippen molar-refractivity contribution in [2.45, 2.75) is 25.7 Å². The first-order valence-electron chi connectivity index (χ1n) is 9.09. The van der Waals surface area contributed by atoms with E-state index in [1.807, 2.05) is 6.92 Å². The summed E-state index contributed by atoms with van der Waals surface area (Å²) >= 11 is 0. The zero-order valence-electron chi connectivity index (χ0n) is 16.5. The lowest BCUT2D eigenvalue weighted by Crippen LogP contribution is -2.26. The van der Waals surface area contributed by atoms with Gasteiger partial charge >= 0.3 is 10.1 Å². The molecule has 0 radical (unpaired) electrons. The molecule has 0 aliphatic rings. The molecule has 0 unspecified atom stereocenters. The average molecular weight is 422 g/mol. The SMILES string of the molecule is Cc1ccc(S(=O)(=O)Oc2nc(C)n(-c3ccc4nccnc4c3)c(=O)c2C)cc1. The second kappa shape index (κ2) is 7.34. The summed E-state index contributed by atoms with van der Waals surface area (Å²) in [7, 11) is -4.12. The number of aryl methyl sites for hydroxylation is 2. The fourth-order valence-corrected chi connectivity index (χ4v) is 3.96. The van der Waals surface area contributed by atoms with Crippen molar-refractivity contribution in [2.75, 3.05) is 0 Å². The number of hydrogen-bond donors (Lipinski definition) is 0. The third kappa shape index (κ3) is 3.55. The van der Waals surface area contributed by atoms with Crippen molar-refractivity contribution in [1.82, 2.24) is 19.5 Å². The maximum Gasteiger partial charge on any atom is 0.340 e. The van der Waals surface area contributed by atoms with Crippen LogP contribution in [-0.4, -0.2) is 27.9 Å². The molecule has 0 amide bonds. The summed E-state index contributed by atoms with van der Waals surface area (Å²) in [6.07, 6.45) is 3.16. The van der Waals surface area contributed by atoms with Crippen LogP contribution in [0.2, 0.25) is 0 Å². The van der Waals surface area contributed by atoms with Crippen LogP contribution in [0.15, 0.2) is 64.5 Å². The molecule has 152 valence electrons. The average Bonchev–Trinajstić information content (AvgIpc) is 2.72. The molecule has 0 atom stereocenters. The lowest BCUT2D eigenvalue weighted by Gasteiger charge is -2.14. The van der Waals surface area contributed by atoms with Crippen LogP contribution < -0.4 is 9.74 Å². The summed E-state index contributed by atoms with van der Waals surface area (Å²) in [4.78, 5) is 25.7. The number of fused-ring (bicyclic) bond motifs is 1.